The first-order valence-electron chi connectivity index (χ1n) is 5.46. The number of H-pyrrole nitrogens is 1. The lowest BCUT2D eigenvalue weighted by molar-refractivity contribution is 0.959. The highest BCUT2D eigenvalue weighted by Crippen LogP contribution is 2.26. The Morgan fingerprint density at radius 2 is 2.25 bits per heavy atom. The van der Waals surface area contributed by atoms with E-state index in [1.54, 1.807) is 0 Å². The number of hydrogen-bond acceptors (Lipinski definition) is 3. The largest absolute Gasteiger partial charge is 0.361 e. The van der Waals surface area contributed by atoms with Crippen molar-refractivity contribution in [3.8, 4) is 0 Å². The van der Waals surface area contributed by atoms with Gasteiger partial charge in [-0.3, -0.25) is 4.99 Å². The number of guanidine groups is 1. The van der Waals surface area contributed by atoms with E-state index in [1.165, 1.54) is 10.9 Å². The average molecular weight is 214 g/mol. The van der Waals surface area contributed by atoms with Crippen molar-refractivity contribution in [2.24, 2.45) is 4.99 Å². The molecule has 0 unspecified atom stereocenters. The van der Waals surface area contributed by atoms with Gasteiger partial charge in [-0.2, -0.15) is 0 Å². The highest BCUT2D eigenvalue weighted by Gasteiger charge is 2.10. The molecule has 4 nitrogen and oxygen atoms in total. The van der Waals surface area contributed by atoms with E-state index in [0.717, 1.165) is 30.3 Å². The molecule has 1 aliphatic rings. The van der Waals surface area contributed by atoms with Gasteiger partial charge in [-0.15, -0.1) is 0 Å². The van der Waals surface area contributed by atoms with Crippen LogP contribution < -0.4 is 10.6 Å². The summed E-state index contributed by atoms with van der Waals surface area (Å²) in [5.41, 5.74) is 3.50. The molecule has 16 heavy (non-hydrogen) atoms. The minimum absolute atomic E-state index is 0.852. The van der Waals surface area contributed by atoms with E-state index in [9.17, 15) is 0 Å². The van der Waals surface area contributed by atoms with E-state index in [2.05, 4.69) is 45.7 Å². The summed E-state index contributed by atoms with van der Waals surface area (Å²) in [6.07, 6.45) is 1.96. The Hall–Kier alpha value is -1.97. The molecule has 0 fully saturated rings. The van der Waals surface area contributed by atoms with Crippen LogP contribution in [0, 0.1) is 6.92 Å². The van der Waals surface area contributed by atoms with Crippen molar-refractivity contribution in [3.05, 3.63) is 30.0 Å². The lowest BCUT2D eigenvalue weighted by atomic mass is 10.1. The SMILES string of the molecule is Cc1ccc2[nH]ccc2c1NC1=NCCN1. The topological polar surface area (TPSA) is 52.2 Å². The number of aromatic amines is 1. The Morgan fingerprint density at radius 1 is 1.31 bits per heavy atom. The molecule has 0 atom stereocenters. The summed E-state index contributed by atoms with van der Waals surface area (Å²) in [6, 6.07) is 6.29. The highest BCUT2D eigenvalue weighted by atomic mass is 15.2. The van der Waals surface area contributed by atoms with Crippen molar-refractivity contribution in [1.29, 1.82) is 0 Å². The second-order valence-corrected chi connectivity index (χ2v) is 3.98. The molecule has 0 radical (unpaired) electrons. The standard InChI is InChI=1S/C12H14N4/c1-8-2-3-10-9(4-5-13-10)11(8)16-12-14-6-7-15-12/h2-5,13H,6-7H2,1H3,(H2,14,15,16). The maximum absolute atomic E-state index is 4.35. The second kappa shape index (κ2) is 3.56. The van der Waals surface area contributed by atoms with Crippen molar-refractivity contribution in [2.45, 2.75) is 6.92 Å². The molecule has 0 saturated heterocycles. The summed E-state index contributed by atoms with van der Waals surface area (Å²) in [5, 5.41) is 7.78. The first-order chi connectivity index (χ1) is 7.84. The molecule has 82 valence electrons. The van der Waals surface area contributed by atoms with Gasteiger partial charge in [-0.05, 0) is 24.6 Å². The molecule has 1 aromatic heterocycles. The van der Waals surface area contributed by atoms with Crippen LogP contribution in [-0.4, -0.2) is 24.0 Å². The molecule has 0 spiro atoms. The highest BCUT2D eigenvalue weighted by molar-refractivity contribution is 6.04. The van der Waals surface area contributed by atoms with Crippen LogP contribution in [0.5, 0.6) is 0 Å². The molecule has 0 saturated carbocycles. The van der Waals surface area contributed by atoms with E-state index < -0.39 is 0 Å². The number of rotatable bonds is 1. The van der Waals surface area contributed by atoms with Crippen LogP contribution in [-0.2, 0) is 0 Å². The van der Waals surface area contributed by atoms with Crippen molar-refractivity contribution in [3.63, 3.8) is 0 Å². The molecule has 4 heteroatoms. The lowest BCUT2D eigenvalue weighted by Crippen LogP contribution is -2.26. The zero-order chi connectivity index (χ0) is 11.0. The number of nitrogens with zero attached hydrogens (tertiary/aromatic N) is 1. The molecule has 0 amide bonds. The van der Waals surface area contributed by atoms with Crippen LogP contribution in [0.1, 0.15) is 5.56 Å². The average Bonchev–Trinajstić information content (AvgIpc) is 2.92. The number of hydrogen-bond donors (Lipinski definition) is 3. The van der Waals surface area contributed by atoms with Crippen molar-refractivity contribution in [2.75, 3.05) is 18.4 Å². The molecule has 0 bridgehead atoms. The lowest BCUT2D eigenvalue weighted by Gasteiger charge is -2.10. The third-order valence-electron chi connectivity index (χ3n) is 2.86. The van der Waals surface area contributed by atoms with E-state index >= 15 is 0 Å². The Kier molecular flexibility index (Phi) is 2.06. The molecule has 3 rings (SSSR count). The van der Waals surface area contributed by atoms with Crippen molar-refractivity contribution >= 4 is 22.5 Å². The molecule has 3 N–H and O–H groups in total. The van der Waals surface area contributed by atoms with Gasteiger partial charge in [0.05, 0.1) is 12.2 Å². The van der Waals surface area contributed by atoms with E-state index in [4.69, 9.17) is 0 Å². The Morgan fingerprint density at radius 3 is 3.06 bits per heavy atom. The maximum Gasteiger partial charge on any atom is 0.195 e. The fourth-order valence-electron chi connectivity index (χ4n) is 2.01. The predicted molar refractivity (Wildman–Crippen MR) is 67.0 cm³/mol. The molecule has 0 aliphatic carbocycles. The van der Waals surface area contributed by atoms with Crippen molar-refractivity contribution in [1.82, 2.24) is 10.3 Å². The number of aryl methyl sites for hydroxylation is 1. The third-order valence-corrected chi connectivity index (χ3v) is 2.86. The van der Waals surface area contributed by atoms with Gasteiger partial charge in [-0.25, -0.2) is 0 Å². The van der Waals surface area contributed by atoms with Gasteiger partial charge in [0.15, 0.2) is 5.96 Å². The van der Waals surface area contributed by atoms with Crippen LogP contribution >= 0.6 is 0 Å². The fraction of sp³-hybridized carbons (Fsp3) is 0.250. The zero-order valence-electron chi connectivity index (χ0n) is 9.17. The number of benzene rings is 1. The summed E-state index contributed by atoms with van der Waals surface area (Å²) in [4.78, 5) is 7.56. The number of fused-ring (bicyclic) bond motifs is 1. The fourth-order valence-corrected chi connectivity index (χ4v) is 2.01. The summed E-state index contributed by atoms with van der Waals surface area (Å²) in [7, 11) is 0. The summed E-state index contributed by atoms with van der Waals surface area (Å²) >= 11 is 0. The molecule has 1 aliphatic heterocycles. The molecule has 2 aromatic rings. The number of aliphatic imine (C=N–C) groups is 1. The maximum atomic E-state index is 4.35. The second-order valence-electron chi connectivity index (χ2n) is 3.98. The van der Waals surface area contributed by atoms with E-state index in [-0.39, 0.29) is 0 Å². The van der Waals surface area contributed by atoms with Crippen LogP contribution in [0.2, 0.25) is 0 Å². The third kappa shape index (κ3) is 1.43. The minimum Gasteiger partial charge on any atom is -0.361 e. The minimum atomic E-state index is 0.852. The van der Waals surface area contributed by atoms with E-state index in [0.29, 0.717) is 0 Å². The van der Waals surface area contributed by atoms with Crippen molar-refractivity contribution < 1.29 is 0 Å². The van der Waals surface area contributed by atoms with Gasteiger partial charge in [0.25, 0.3) is 0 Å². The predicted octanol–water partition coefficient (Wildman–Crippen LogP) is 1.85. The van der Waals surface area contributed by atoms with Crippen LogP contribution in [0.3, 0.4) is 0 Å². The summed E-state index contributed by atoms with van der Waals surface area (Å²) in [6.45, 7) is 3.87. The first kappa shape index (κ1) is 9.27. The van der Waals surface area contributed by atoms with Gasteiger partial charge in [0.1, 0.15) is 0 Å². The quantitative estimate of drug-likeness (QED) is 0.678. The van der Waals surface area contributed by atoms with Gasteiger partial charge < -0.3 is 15.6 Å². The zero-order valence-corrected chi connectivity index (χ0v) is 9.17. The van der Waals surface area contributed by atoms with Gasteiger partial charge in [0, 0.05) is 23.6 Å². The van der Waals surface area contributed by atoms with Gasteiger partial charge >= 0.3 is 0 Å². The van der Waals surface area contributed by atoms with Crippen LogP contribution in [0.4, 0.5) is 5.69 Å². The van der Waals surface area contributed by atoms with E-state index in [1.807, 2.05) is 6.20 Å². The monoisotopic (exact) mass is 214 g/mol. The Labute approximate surface area is 93.8 Å². The van der Waals surface area contributed by atoms with Gasteiger partial charge in [0.2, 0.25) is 0 Å². The number of aromatic nitrogens is 1. The number of anilines is 1. The normalized spacial score (nSPS) is 14.9. The Bertz CT molecular complexity index is 553. The molecule has 1 aromatic carbocycles. The molecule has 2 heterocycles. The summed E-state index contributed by atoms with van der Waals surface area (Å²) in [5.74, 6) is 0.872. The molecular weight excluding hydrogens is 200 g/mol. The van der Waals surface area contributed by atoms with Crippen LogP contribution in [0.25, 0.3) is 10.9 Å². The Balaban J connectivity index is 2.06. The smallest absolute Gasteiger partial charge is 0.195 e. The van der Waals surface area contributed by atoms with Gasteiger partial charge in [-0.1, -0.05) is 6.07 Å². The number of nitrogens with one attached hydrogen (secondary N) is 3. The summed E-state index contributed by atoms with van der Waals surface area (Å²) < 4.78 is 0. The molecular formula is C12H14N4. The van der Waals surface area contributed by atoms with Crippen LogP contribution in [0.15, 0.2) is 29.4 Å². The first-order valence-corrected chi connectivity index (χ1v) is 5.46.